The monoisotopic (exact) mass is 396 g/mol. The van der Waals surface area contributed by atoms with E-state index < -0.39 is 0 Å². The van der Waals surface area contributed by atoms with Crippen LogP contribution in [0, 0.1) is 11.3 Å². The van der Waals surface area contributed by atoms with E-state index in [1.54, 1.807) is 29.0 Å². The molecule has 1 saturated carbocycles. The number of ether oxygens (including phenoxy) is 1. The minimum absolute atomic E-state index is 0.156. The predicted molar refractivity (Wildman–Crippen MR) is 114 cm³/mol. The molecule has 0 atom stereocenters. The maximum Gasteiger partial charge on any atom is 0.258 e. The number of aromatic nitrogens is 3. The van der Waals surface area contributed by atoms with E-state index in [4.69, 9.17) is 15.0 Å². The summed E-state index contributed by atoms with van der Waals surface area (Å²) in [7, 11) is 2.04. The van der Waals surface area contributed by atoms with Crippen molar-refractivity contribution < 1.29 is 4.74 Å². The molecule has 2 aromatic carbocycles. The van der Waals surface area contributed by atoms with E-state index in [-0.39, 0.29) is 5.56 Å². The summed E-state index contributed by atoms with van der Waals surface area (Å²) in [5, 5.41) is 8.87. The maximum atomic E-state index is 12.7. The Bertz CT molecular complexity index is 1340. The van der Waals surface area contributed by atoms with Gasteiger partial charge in [0.2, 0.25) is 0 Å². The third-order valence-electron chi connectivity index (χ3n) is 5.50. The lowest BCUT2D eigenvalue weighted by atomic mass is 10.2. The van der Waals surface area contributed by atoms with Gasteiger partial charge in [0.15, 0.2) is 0 Å². The highest BCUT2D eigenvalue weighted by Gasteiger charge is 2.28. The fourth-order valence-electron chi connectivity index (χ4n) is 3.66. The van der Waals surface area contributed by atoms with Gasteiger partial charge in [0.25, 0.3) is 5.56 Å². The van der Waals surface area contributed by atoms with Crippen LogP contribution in [0.25, 0.3) is 16.7 Å². The fourth-order valence-corrected chi connectivity index (χ4v) is 3.66. The van der Waals surface area contributed by atoms with Gasteiger partial charge in [0, 0.05) is 25.2 Å². The summed E-state index contributed by atoms with van der Waals surface area (Å²) in [6.45, 7) is 0.333. The van der Waals surface area contributed by atoms with Crippen LogP contribution in [0.2, 0.25) is 0 Å². The van der Waals surface area contributed by atoms with Crippen LogP contribution in [0.3, 0.4) is 0 Å². The second-order valence-electron chi connectivity index (χ2n) is 7.64. The van der Waals surface area contributed by atoms with E-state index in [0.29, 0.717) is 23.8 Å². The van der Waals surface area contributed by atoms with E-state index >= 15 is 0 Å². The van der Waals surface area contributed by atoms with Crippen LogP contribution in [-0.2, 0) is 13.7 Å². The molecule has 30 heavy (non-hydrogen) atoms. The molecule has 2 aromatic heterocycles. The minimum Gasteiger partial charge on any atom is -0.489 e. The van der Waals surface area contributed by atoms with Gasteiger partial charge in [-0.15, -0.1) is 0 Å². The first-order valence-electron chi connectivity index (χ1n) is 9.94. The molecule has 0 saturated heterocycles. The van der Waals surface area contributed by atoms with Crippen molar-refractivity contribution in [2.75, 3.05) is 0 Å². The lowest BCUT2D eigenvalue weighted by molar-refractivity contribution is 0.305. The number of hydrogen-bond donors (Lipinski definition) is 0. The van der Waals surface area contributed by atoms with Crippen molar-refractivity contribution in [2.45, 2.75) is 25.4 Å². The largest absolute Gasteiger partial charge is 0.489 e. The third kappa shape index (κ3) is 3.35. The third-order valence-corrected chi connectivity index (χ3v) is 5.50. The molecule has 4 aromatic rings. The van der Waals surface area contributed by atoms with Gasteiger partial charge in [-0.25, -0.2) is 4.98 Å². The van der Waals surface area contributed by atoms with Crippen molar-refractivity contribution in [2.24, 2.45) is 7.05 Å². The van der Waals surface area contributed by atoms with Crippen molar-refractivity contribution in [3.63, 3.8) is 0 Å². The van der Waals surface area contributed by atoms with Gasteiger partial charge < -0.3 is 9.30 Å². The van der Waals surface area contributed by atoms with Crippen LogP contribution in [0.5, 0.6) is 5.75 Å². The van der Waals surface area contributed by atoms with Crippen LogP contribution >= 0.6 is 0 Å². The number of imidazole rings is 1. The summed E-state index contributed by atoms with van der Waals surface area (Å²) >= 11 is 0. The molecule has 1 fully saturated rings. The van der Waals surface area contributed by atoms with Gasteiger partial charge in [-0.05, 0) is 54.8 Å². The number of pyridine rings is 1. The molecule has 6 nitrogen and oxygen atoms in total. The van der Waals surface area contributed by atoms with E-state index in [1.807, 2.05) is 37.4 Å². The summed E-state index contributed by atoms with van der Waals surface area (Å²) in [6.07, 6.45) is 4.14. The molecular weight excluding hydrogens is 376 g/mol. The molecular formula is C24H20N4O2. The van der Waals surface area contributed by atoms with Gasteiger partial charge >= 0.3 is 0 Å². The first-order valence-corrected chi connectivity index (χ1v) is 9.94. The molecule has 1 aliphatic carbocycles. The van der Waals surface area contributed by atoms with Crippen molar-refractivity contribution in [3.8, 4) is 17.5 Å². The van der Waals surface area contributed by atoms with Gasteiger partial charge in [0.1, 0.15) is 18.2 Å². The average Bonchev–Trinajstić information content (AvgIpc) is 3.56. The lowest BCUT2D eigenvalue weighted by Gasteiger charge is -2.10. The molecule has 0 N–H and O–H groups in total. The quantitative estimate of drug-likeness (QED) is 0.510. The Labute approximate surface area is 173 Å². The fraction of sp³-hybridized carbons (Fsp3) is 0.208. The summed E-state index contributed by atoms with van der Waals surface area (Å²) < 4.78 is 9.50. The smallest absolute Gasteiger partial charge is 0.258 e. The van der Waals surface area contributed by atoms with Gasteiger partial charge in [-0.2, -0.15) is 5.26 Å². The zero-order chi connectivity index (χ0) is 20.7. The molecule has 1 aliphatic rings. The lowest BCUT2D eigenvalue weighted by Crippen LogP contribution is -2.16. The highest BCUT2D eigenvalue weighted by Crippen LogP contribution is 2.40. The van der Waals surface area contributed by atoms with Crippen LogP contribution in [0.4, 0.5) is 0 Å². The van der Waals surface area contributed by atoms with E-state index in [0.717, 1.165) is 28.1 Å². The summed E-state index contributed by atoms with van der Waals surface area (Å²) in [6, 6.07) is 18.5. The number of rotatable bonds is 5. The van der Waals surface area contributed by atoms with Crippen LogP contribution in [-0.4, -0.2) is 14.1 Å². The highest BCUT2D eigenvalue weighted by atomic mass is 16.5. The summed E-state index contributed by atoms with van der Waals surface area (Å²) in [5.41, 5.74) is 4.18. The molecule has 0 spiro atoms. The van der Waals surface area contributed by atoms with Crippen LogP contribution in [0.15, 0.2) is 65.6 Å². The number of nitrogens with zero attached hydrogens (tertiary/aromatic N) is 4. The summed E-state index contributed by atoms with van der Waals surface area (Å²) in [5.74, 6) is 2.21. The second kappa shape index (κ2) is 7.20. The zero-order valence-corrected chi connectivity index (χ0v) is 16.6. The minimum atomic E-state index is -0.156. The topological polar surface area (TPSA) is 72.8 Å². The maximum absolute atomic E-state index is 12.7. The molecule has 0 radical (unpaired) electrons. The van der Waals surface area contributed by atoms with Crippen LogP contribution < -0.4 is 10.3 Å². The second-order valence-corrected chi connectivity index (χ2v) is 7.64. The van der Waals surface area contributed by atoms with Crippen molar-refractivity contribution in [1.82, 2.24) is 14.1 Å². The molecule has 6 heteroatoms. The molecule has 148 valence electrons. The zero-order valence-electron chi connectivity index (χ0n) is 16.6. The van der Waals surface area contributed by atoms with Gasteiger partial charge in [-0.3, -0.25) is 9.36 Å². The van der Waals surface area contributed by atoms with Crippen molar-refractivity contribution in [3.05, 3.63) is 88.1 Å². The Balaban J connectivity index is 1.38. The number of aryl methyl sites for hydroxylation is 1. The van der Waals surface area contributed by atoms with Gasteiger partial charge in [-0.1, -0.05) is 12.1 Å². The normalized spacial score (nSPS) is 13.3. The first-order chi connectivity index (χ1) is 14.6. The molecule has 2 heterocycles. The van der Waals surface area contributed by atoms with E-state index in [2.05, 4.69) is 10.6 Å². The standard InChI is InChI=1S/C24H20N4O2/c1-27-22-12-19(8-9-21(22)26-24(27)18-6-7-18)28-11-10-20(13-23(28)29)30-15-17-4-2-16(14-25)3-5-17/h2-5,8-13,18H,6-7,15H2,1H3. The van der Waals surface area contributed by atoms with Gasteiger partial charge in [0.05, 0.1) is 28.4 Å². The first kappa shape index (κ1) is 18.2. The highest BCUT2D eigenvalue weighted by molar-refractivity contribution is 5.78. The SMILES string of the molecule is Cn1c(C2CC2)nc2ccc(-n3ccc(OCc4ccc(C#N)cc4)cc3=O)cc21. The predicted octanol–water partition coefficient (Wildman–Crippen LogP) is 4.05. The van der Waals surface area contributed by atoms with E-state index in [1.165, 1.54) is 18.9 Å². The Kier molecular flexibility index (Phi) is 4.36. The number of fused-ring (bicyclic) bond motifs is 1. The Hall–Kier alpha value is -3.85. The Morgan fingerprint density at radius 2 is 1.93 bits per heavy atom. The molecule has 0 bridgehead atoms. The number of nitriles is 1. The molecule has 5 rings (SSSR count). The van der Waals surface area contributed by atoms with Crippen LogP contribution in [0.1, 0.15) is 35.7 Å². The Morgan fingerprint density at radius 3 is 2.63 bits per heavy atom. The molecule has 0 aliphatic heterocycles. The number of hydrogen-bond acceptors (Lipinski definition) is 4. The summed E-state index contributed by atoms with van der Waals surface area (Å²) in [4.78, 5) is 17.5. The average molecular weight is 396 g/mol. The van der Waals surface area contributed by atoms with Crippen molar-refractivity contribution in [1.29, 1.82) is 5.26 Å². The molecule has 0 unspecified atom stereocenters. The van der Waals surface area contributed by atoms with Crippen molar-refractivity contribution >= 4 is 11.0 Å². The molecule has 0 amide bonds. The van der Waals surface area contributed by atoms with E-state index in [9.17, 15) is 4.79 Å². The Morgan fingerprint density at radius 1 is 1.13 bits per heavy atom. The number of benzene rings is 2.